The van der Waals surface area contributed by atoms with Gasteiger partial charge >= 0.3 is 23.9 Å². The molecule has 3 N–H and O–H groups in total. The molecule has 6 unspecified atom stereocenters. The van der Waals surface area contributed by atoms with Gasteiger partial charge in [0.2, 0.25) is 0 Å². The fraction of sp³-hybridized carbons (Fsp3) is 0.593. The molecule has 1 aliphatic rings. The summed E-state index contributed by atoms with van der Waals surface area (Å²) in [5.74, 6) is -3.37. The number of aliphatic hydroxyl groups excluding tert-OH is 2. The van der Waals surface area contributed by atoms with Crippen molar-refractivity contribution in [3.8, 4) is 0 Å². The number of esters is 3. The van der Waals surface area contributed by atoms with Gasteiger partial charge in [0.05, 0.1) is 13.0 Å². The topological polar surface area (TPSA) is 175 Å². The Balaban J connectivity index is 2.82. The van der Waals surface area contributed by atoms with Crippen LogP contribution in [0, 0.1) is 0 Å². The molecule has 0 aliphatic carbocycles. The van der Waals surface area contributed by atoms with E-state index in [0.717, 1.165) is 116 Å². The SMILES string of the molecule is CC/C=C\C/C=C\C/C=C\C/C=C\C/C=C\CC(=O)OCC(COC1OC(C(=O)O)C(O)C(O)C1OC(=O)CCCCC/C=C\C/C=C\C/C=C\CC)OC(=O)CCCCCCC/C=C\C/C=C\CCC. The van der Waals surface area contributed by atoms with Gasteiger partial charge in [-0.05, 0) is 103 Å². The van der Waals surface area contributed by atoms with E-state index < -0.39 is 67.3 Å². The Labute approximate surface area is 427 Å². The quantitative estimate of drug-likeness (QED) is 0.0229. The van der Waals surface area contributed by atoms with Crippen molar-refractivity contribution in [2.45, 2.75) is 212 Å². The Kier molecular flexibility index (Phi) is 41.7. The minimum Gasteiger partial charge on any atom is -0.479 e. The predicted octanol–water partition coefficient (Wildman–Crippen LogP) is 12.9. The maximum Gasteiger partial charge on any atom is 0.335 e. The number of hydrogen-bond acceptors (Lipinski definition) is 11. The number of unbranched alkanes of at least 4 members (excludes halogenated alkanes) is 9. The molecule has 0 aromatic heterocycles. The summed E-state index contributed by atoms with van der Waals surface area (Å²) in [6.07, 6.45) is 50.7. The minimum atomic E-state index is -1.93. The van der Waals surface area contributed by atoms with Crippen molar-refractivity contribution in [3.05, 3.63) is 122 Å². The van der Waals surface area contributed by atoms with Crippen LogP contribution in [-0.4, -0.2) is 89.2 Å². The maximum absolute atomic E-state index is 13.1. The molecule has 0 amide bonds. The fourth-order valence-corrected chi connectivity index (χ4v) is 7.02. The van der Waals surface area contributed by atoms with Gasteiger partial charge in [-0.2, -0.15) is 0 Å². The van der Waals surface area contributed by atoms with Crippen molar-refractivity contribution in [1.82, 2.24) is 0 Å². The molecule has 0 aromatic rings. The Morgan fingerprint density at radius 3 is 1.44 bits per heavy atom. The molecule has 0 saturated carbocycles. The van der Waals surface area contributed by atoms with Crippen molar-refractivity contribution in [3.63, 3.8) is 0 Å². The molecule has 1 heterocycles. The average Bonchev–Trinajstić information content (AvgIpc) is 3.35. The fourth-order valence-electron chi connectivity index (χ4n) is 7.02. The molecule has 71 heavy (non-hydrogen) atoms. The van der Waals surface area contributed by atoms with Crippen LogP contribution >= 0.6 is 0 Å². The molecule has 12 nitrogen and oxygen atoms in total. The second kappa shape index (κ2) is 46.2. The van der Waals surface area contributed by atoms with Crippen molar-refractivity contribution < 1.29 is 58.2 Å². The highest BCUT2D eigenvalue weighted by atomic mass is 16.7. The molecule has 0 aromatic carbocycles. The zero-order valence-corrected chi connectivity index (χ0v) is 43.4. The van der Waals surface area contributed by atoms with E-state index in [0.29, 0.717) is 19.3 Å². The first kappa shape index (κ1) is 64.1. The molecule has 12 heteroatoms. The van der Waals surface area contributed by atoms with Crippen LogP contribution in [0.3, 0.4) is 0 Å². The third-order valence-corrected chi connectivity index (χ3v) is 11.0. The smallest absolute Gasteiger partial charge is 0.335 e. The van der Waals surface area contributed by atoms with E-state index in [2.05, 4.69) is 124 Å². The summed E-state index contributed by atoms with van der Waals surface area (Å²) in [7, 11) is 0. The summed E-state index contributed by atoms with van der Waals surface area (Å²) < 4.78 is 28.1. The lowest BCUT2D eigenvalue weighted by molar-refractivity contribution is -0.301. The lowest BCUT2D eigenvalue weighted by atomic mass is 9.98. The van der Waals surface area contributed by atoms with Gasteiger partial charge in [-0.25, -0.2) is 4.79 Å². The van der Waals surface area contributed by atoms with Gasteiger partial charge in [0, 0.05) is 12.8 Å². The van der Waals surface area contributed by atoms with E-state index in [-0.39, 0.29) is 25.9 Å². The first-order valence-electron chi connectivity index (χ1n) is 26.5. The van der Waals surface area contributed by atoms with Gasteiger partial charge in [-0.1, -0.05) is 174 Å². The molecule has 0 bridgehead atoms. The number of carbonyl (C=O) groups is 4. The first-order valence-corrected chi connectivity index (χ1v) is 26.5. The molecule has 1 rings (SSSR count). The number of rotatable bonds is 42. The normalized spacial score (nSPS) is 19.5. The van der Waals surface area contributed by atoms with Crippen LogP contribution < -0.4 is 0 Å². The summed E-state index contributed by atoms with van der Waals surface area (Å²) in [5, 5.41) is 31.3. The zero-order chi connectivity index (χ0) is 51.8. The van der Waals surface area contributed by atoms with Crippen LogP contribution in [0.4, 0.5) is 0 Å². The van der Waals surface area contributed by atoms with Crippen LogP contribution in [0.2, 0.25) is 0 Å². The van der Waals surface area contributed by atoms with Crippen LogP contribution in [0.15, 0.2) is 122 Å². The first-order chi connectivity index (χ1) is 34.6. The molecule has 0 radical (unpaired) electrons. The number of aliphatic hydroxyl groups is 2. The van der Waals surface area contributed by atoms with Gasteiger partial charge < -0.3 is 39.0 Å². The molecule has 398 valence electrons. The van der Waals surface area contributed by atoms with Crippen molar-refractivity contribution in [2.75, 3.05) is 13.2 Å². The number of aliphatic carboxylic acids is 1. The highest BCUT2D eigenvalue weighted by Crippen LogP contribution is 2.26. The molecule has 1 aliphatic heterocycles. The summed E-state index contributed by atoms with van der Waals surface area (Å²) in [6.45, 7) is 5.54. The van der Waals surface area contributed by atoms with Gasteiger partial charge in [0.15, 0.2) is 24.6 Å². The van der Waals surface area contributed by atoms with Gasteiger partial charge in [-0.15, -0.1) is 0 Å². The summed E-state index contributed by atoms with van der Waals surface area (Å²) in [6, 6.07) is 0. The summed E-state index contributed by atoms with van der Waals surface area (Å²) in [4.78, 5) is 50.8. The standard InChI is InChI=1S/C59H90O12/c1-4-7-10-13-16-19-22-25-26-29-30-33-36-39-42-45-51(60)67-48-50(69-52(61)46-43-40-37-34-31-27-23-20-17-14-11-8-5-2)49-68-59-57(55(64)54(63)56(71-59)58(65)66)70-53(62)47-44-41-38-35-32-28-24-21-18-15-12-9-6-3/h7,9-12,14,16,18-21,23,25-26,28,30,32-33,39,42,50,54-57,59,63-64H,4-6,8,13,15,17,22,24,27,29,31,34-38,40-41,43-49H2,1-3H3,(H,65,66)/b10-7-,12-9-,14-11-,19-16-,21-18-,23-20-,26-25-,32-28-,33-30-,42-39-. The summed E-state index contributed by atoms with van der Waals surface area (Å²) in [5.41, 5.74) is 0. The highest BCUT2D eigenvalue weighted by molar-refractivity contribution is 5.74. The molecular weight excluding hydrogens is 901 g/mol. The third-order valence-electron chi connectivity index (χ3n) is 11.0. The van der Waals surface area contributed by atoms with E-state index in [1.165, 1.54) is 0 Å². The second-order valence-electron chi connectivity index (χ2n) is 17.4. The molecule has 1 saturated heterocycles. The molecule has 1 fully saturated rings. The molecular formula is C59H90O12. The second-order valence-corrected chi connectivity index (χ2v) is 17.4. The van der Waals surface area contributed by atoms with Gasteiger partial charge in [-0.3, -0.25) is 14.4 Å². The lowest BCUT2D eigenvalue weighted by Gasteiger charge is -2.40. The lowest BCUT2D eigenvalue weighted by Crippen LogP contribution is -2.61. The number of carboxylic acids is 1. The van der Waals surface area contributed by atoms with Crippen LogP contribution in [0.5, 0.6) is 0 Å². The van der Waals surface area contributed by atoms with E-state index in [1.807, 2.05) is 12.2 Å². The van der Waals surface area contributed by atoms with Crippen LogP contribution in [0.1, 0.15) is 175 Å². The van der Waals surface area contributed by atoms with Crippen LogP contribution in [0.25, 0.3) is 0 Å². The Morgan fingerprint density at radius 1 is 0.493 bits per heavy atom. The highest BCUT2D eigenvalue weighted by Gasteiger charge is 2.50. The predicted molar refractivity (Wildman–Crippen MR) is 284 cm³/mol. The van der Waals surface area contributed by atoms with E-state index in [1.54, 1.807) is 6.08 Å². The van der Waals surface area contributed by atoms with E-state index in [9.17, 15) is 34.5 Å². The Hall–Kier alpha value is -4.88. The molecule has 0 spiro atoms. The minimum absolute atomic E-state index is 0.00819. The number of allylic oxidation sites excluding steroid dienone is 19. The van der Waals surface area contributed by atoms with E-state index in [4.69, 9.17) is 23.7 Å². The number of carbonyl (C=O) groups excluding carboxylic acids is 3. The number of hydrogen-bond donors (Lipinski definition) is 3. The Bertz CT molecular complexity index is 1700. The average molecular weight is 991 g/mol. The molecule has 6 atom stereocenters. The third kappa shape index (κ3) is 36.7. The largest absolute Gasteiger partial charge is 0.479 e. The van der Waals surface area contributed by atoms with Crippen LogP contribution in [-0.2, 0) is 42.9 Å². The van der Waals surface area contributed by atoms with Crippen molar-refractivity contribution in [1.29, 1.82) is 0 Å². The maximum atomic E-state index is 13.1. The van der Waals surface area contributed by atoms with Crippen molar-refractivity contribution >= 4 is 23.9 Å². The summed E-state index contributed by atoms with van der Waals surface area (Å²) >= 11 is 0. The van der Waals surface area contributed by atoms with Gasteiger partial charge in [0.1, 0.15) is 18.8 Å². The number of carboxylic acid groups (broad SMARTS) is 1. The van der Waals surface area contributed by atoms with Gasteiger partial charge in [0.25, 0.3) is 0 Å². The van der Waals surface area contributed by atoms with Crippen molar-refractivity contribution in [2.24, 2.45) is 0 Å². The monoisotopic (exact) mass is 991 g/mol. The number of ether oxygens (including phenoxy) is 5. The Morgan fingerprint density at radius 2 is 0.930 bits per heavy atom. The zero-order valence-electron chi connectivity index (χ0n) is 43.4. The van der Waals surface area contributed by atoms with E-state index >= 15 is 0 Å².